The summed E-state index contributed by atoms with van der Waals surface area (Å²) in [5, 5.41) is 3.45. The molecular weight excluding hydrogens is 269 g/mol. The highest BCUT2D eigenvalue weighted by Gasteiger charge is 2.24. The van der Waals surface area contributed by atoms with Gasteiger partial charge in [0.15, 0.2) is 0 Å². The third kappa shape index (κ3) is 2.93. The van der Waals surface area contributed by atoms with Crippen molar-refractivity contribution in [3.8, 4) is 5.75 Å². The molecule has 0 radical (unpaired) electrons. The van der Waals surface area contributed by atoms with E-state index in [0.29, 0.717) is 6.04 Å². The summed E-state index contributed by atoms with van der Waals surface area (Å²) < 4.78 is 21.1. The fraction of sp³-hybridized carbons (Fsp3) is 0.438. The summed E-state index contributed by atoms with van der Waals surface area (Å²) in [5.41, 5.74) is 2.01. The first kappa shape index (κ1) is 12.8. The van der Waals surface area contributed by atoms with Gasteiger partial charge in [-0.25, -0.2) is 9.37 Å². The largest absolute Gasteiger partial charge is 0.488 e. The summed E-state index contributed by atoms with van der Waals surface area (Å²) in [5.74, 6) is 0.603. The third-order valence-electron chi connectivity index (χ3n) is 4.01. The normalized spacial score (nSPS) is 20.3. The Balaban J connectivity index is 1.36. The first-order valence-electron chi connectivity index (χ1n) is 7.45. The SMILES string of the molecule is Fc1ccc2c(c1)CC(Cn1cnc(CNC3CC3)c1)O2. The van der Waals surface area contributed by atoms with E-state index < -0.39 is 0 Å². The predicted molar refractivity (Wildman–Crippen MR) is 76.6 cm³/mol. The van der Waals surface area contributed by atoms with Crippen molar-refractivity contribution in [3.63, 3.8) is 0 Å². The Kier molecular flexibility index (Phi) is 3.15. The Morgan fingerprint density at radius 1 is 1.38 bits per heavy atom. The van der Waals surface area contributed by atoms with Gasteiger partial charge in [-0.15, -0.1) is 0 Å². The van der Waals surface area contributed by atoms with Crippen molar-refractivity contribution in [1.29, 1.82) is 0 Å². The molecule has 4 rings (SSSR count). The molecule has 0 amide bonds. The maximum atomic E-state index is 13.2. The smallest absolute Gasteiger partial charge is 0.123 e. The molecule has 4 nitrogen and oxygen atoms in total. The minimum Gasteiger partial charge on any atom is -0.488 e. The van der Waals surface area contributed by atoms with E-state index in [-0.39, 0.29) is 11.9 Å². The zero-order valence-electron chi connectivity index (χ0n) is 11.8. The molecule has 2 heterocycles. The van der Waals surface area contributed by atoms with Crippen LogP contribution in [0.15, 0.2) is 30.7 Å². The number of hydrogen-bond donors (Lipinski definition) is 1. The molecule has 1 unspecified atom stereocenters. The van der Waals surface area contributed by atoms with Crippen LogP contribution in [0.1, 0.15) is 24.1 Å². The van der Waals surface area contributed by atoms with Gasteiger partial charge in [0.25, 0.3) is 0 Å². The summed E-state index contributed by atoms with van der Waals surface area (Å²) in [6.07, 6.45) is 7.27. The average Bonchev–Trinajstić information content (AvgIpc) is 3.05. The Morgan fingerprint density at radius 2 is 2.29 bits per heavy atom. The minimum atomic E-state index is -0.200. The van der Waals surface area contributed by atoms with Crippen LogP contribution >= 0.6 is 0 Å². The molecule has 2 aliphatic rings. The molecule has 1 aromatic carbocycles. The molecule has 2 aromatic rings. The van der Waals surface area contributed by atoms with Crippen LogP contribution in [0.4, 0.5) is 4.39 Å². The van der Waals surface area contributed by atoms with Gasteiger partial charge in [0.2, 0.25) is 0 Å². The Hall–Kier alpha value is -1.88. The highest BCUT2D eigenvalue weighted by atomic mass is 19.1. The monoisotopic (exact) mass is 287 g/mol. The number of ether oxygens (including phenoxy) is 1. The van der Waals surface area contributed by atoms with Crippen molar-refractivity contribution in [2.45, 2.75) is 44.5 Å². The van der Waals surface area contributed by atoms with Gasteiger partial charge in [0, 0.05) is 30.8 Å². The van der Waals surface area contributed by atoms with Gasteiger partial charge >= 0.3 is 0 Å². The molecule has 1 saturated carbocycles. The molecule has 1 aliphatic heterocycles. The maximum Gasteiger partial charge on any atom is 0.123 e. The highest BCUT2D eigenvalue weighted by Crippen LogP contribution is 2.29. The maximum absolute atomic E-state index is 13.2. The van der Waals surface area contributed by atoms with E-state index in [2.05, 4.69) is 21.1 Å². The van der Waals surface area contributed by atoms with E-state index in [1.807, 2.05) is 6.33 Å². The lowest BCUT2D eigenvalue weighted by Crippen LogP contribution is -2.20. The number of fused-ring (bicyclic) bond motifs is 1. The van der Waals surface area contributed by atoms with E-state index in [1.54, 1.807) is 12.1 Å². The van der Waals surface area contributed by atoms with Crippen molar-refractivity contribution in [1.82, 2.24) is 14.9 Å². The van der Waals surface area contributed by atoms with Gasteiger partial charge in [-0.2, -0.15) is 0 Å². The number of nitrogens with zero attached hydrogens (tertiary/aromatic N) is 2. The molecule has 21 heavy (non-hydrogen) atoms. The first-order chi connectivity index (χ1) is 10.3. The molecule has 1 N–H and O–H groups in total. The van der Waals surface area contributed by atoms with Crippen LogP contribution in [-0.2, 0) is 19.5 Å². The van der Waals surface area contributed by atoms with Crippen molar-refractivity contribution in [3.05, 3.63) is 47.8 Å². The lowest BCUT2D eigenvalue weighted by molar-refractivity contribution is 0.209. The van der Waals surface area contributed by atoms with Gasteiger partial charge in [0.05, 0.1) is 18.6 Å². The zero-order valence-corrected chi connectivity index (χ0v) is 11.8. The van der Waals surface area contributed by atoms with E-state index in [9.17, 15) is 4.39 Å². The number of imidazole rings is 1. The van der Waals surface area contributed by atoms with Crippen molar-refractivity contribution in [2.75, 3.05) is 0 Å². The van der Waals surface area contributed by atoms with E-state index in [1.165, 1.54) is 18.9 Å². The van der Waals surface area contributed by atoms with Crippen LogP contribution in [0, 0.1) is 5.82 Å². The van der Waals surface area contributed by atoms with Gasteiger partial charge in [-0.1, -0.05) is 0 Å². The lowest BCUT2D eigenvalue weighted by atomic mass is 10.1. The van der Waals surface area contributed by atoms with Gasteiger partial charge in [-0.05, 0) is 31.0 Å². The molecule has 1 aromatic heterocycles. The number of benzene rings is 1. The predicted octanol–water partition coefficient (Wildman–Crippen LogP) is 2.28. The standard InChI is InChI=1S/C16H18FN3O/c17-12-1-4-16-11(5-12)6-15(21-16)9-20-8-14(19-10-20)7-18-13-2-3-13/h1,4-5,8,10,13,15,18H,2-3,6-7,9H2. The van der Waals surface area contributed by atoms with Crippen molar-refractivity contribution < 1.29 is 9.13 Å². The summed E-state index contributed by atoms with van der Waals surface area (Å²) in [6, 6.07) is 5.41. The van der Waals surface area contributed by atoms with Gasteiger partial charge in [-0.3, -0.25) is 0 Å². The summed E-state index contributed by atoms with van der Waals surface area (Å²) in [6.45, 7) is 1.57. The molecule has 0 saturated heterocycles. The molecule has 1 atom stereocenters. The van der Waals surface area contributed by atoms with Crippen molar-refractivity contribution in [2.24, 2.45) is 0 Å². The molecular formula is C16H18FN3O. The summed E-state index contributed by atoms with van der Waals surface area (Å²) >= 11 is 0. The minimum absolute atomic E-state index is 0.0558. The number of halogens is 1. The topological polar surface area (TPSA) is 39.1 Å². The Labute approximate surface area is 122 Å². The van der Waals surface area contributed by atoms with Crippen LogP contribution in [-0.4, -0.2) is 21.7 Å². The van der Waals surface area contributed by atoms with E-state index >= 15 is 0 Å². The quantitative estimate of drug-likeness (QED) is 0.917. The number of aromatic nitrogens is 2. The average molecular weight is 287 g/mol. The number of nitrogens with one attached hydrogen (secondary N) is 1. The first-order valence-corrected chi connectivity index (χ1v) is 7.45. The second-order valence-electron chi connectivity index (χ2n) is 5.91. The molecule has 0 bridgehead atoms. The second-order valence-corrected chi connectivity index (χ2v) is 5.91. The van der Waals surface area contributed by atoms with Gasteiger partial charge in [0.1, 0.15) is 17.7 Å². The van der Waals surface area contributed by atoms with E-state index in [4.69, 9.17) is 4.74 Å². The van der Waals surface area contributed by atoms with Crippen LogP contribution < -0.4 is 10.1 Å². The van der Waals surface area contributed by atoms with Crippen LogP contribution in [0.5, 0.6) is 5.75 Å². The van der Waals surface area contributed by atoms with Crippen LogP contribution in [0.25, 0.3) is 0 Å². The molecule has 1 fully saturated rings. The second kappa shape index (κ2) is 5.15. The molecule has 5 heteroatoms. The fourth-order valence-electron chi connectivity index (χ4n) is 2.76. The van der Waals surface area contributed by atoms with Gasteiger partial charge < -0.3 is 14.6 Å². The summed E-state index contributed by atoms with van der Waals surface area (Å²) in [4.78, 5) is 4.41. The van der Waals surface area contributed by atoms with Crippen LogP contribution in [0.3, 0.4) is 0 Å². The highest BCUT2D eigenvalue weighted by molar-refractivity contribution is 5.37. The Bertz CT molecular complexity index is 651. The lowest BCUT2D eigenvalue weighted by Gasteiger charge is -2.10. The Morgan fingerprint density at radius 3 is 3.14 bits per heavy atom. The number of rotatable bonds is 5. The van der Waals surface area contributed by atoms with Crippen LogP contribution in [0.2, 0.25) is 0 Å². The summed E-state index contributed by atoms with van der Waals surface area (Å²) in [7, 11) is 0. The molecule has 0 spiro atoms. The number of hydrogen-bond acceptors (Lipinski definition) is 3. The molecule has 1 aliphatic carbocycles. The third-order valence-corrected chi connectivity index (χ3v) is 4.01. The zero-order chi connectivity index (χ0) is 14.2. The molecule has 110 valence electrons. The fourth-order valence-corrected chi connectivity index (χ4v) is 2.76. The van der Waals surface area contributed by atoms with Crippen molar-refractivity contribution >= 4 is 0 Å². The van der Waals surface area contributed by atoms with E-state index in [0.717, 1.165) is 36.5 Å².